The smallest absolute Gasteiger partial charge is 0.312 e. The van der Waals surface area contributed by atoms with Gasteiger partial charge in [-0.05, 0) is 86.0 Å². The maximum absolute atomic E-state index is 14.0. The number of carbonyl (C=O) groups excluding carboxylic acids is 2. The molecular formula is C32H48O6. The van der Waals surface area contributed by atoms with Gasteiger partial charge in [-0.15, -0.1) is 0 Å². The summed E-state index contributed by atoms with van der Waals surface area (Å²) in [5.74, 6) is -0.694. The van der Waals surface area contributed by atoms with Crippen molar-refractivity contribution in [3.8, 4) is 0 Å². The lowest BCUT2D eigenvalue weighted by atomic mass is 9.44. The highest BCUT2D eigenvalue weighted by atomic mass is 16.5. The van der Waals surface area contributed by atoms with E-state index in [1.807, 2.05) is 0 Å². The van der Waals surface area contributed by atoms with E-state index in [2.05, 4.69) is 41.2 Å². The summed E-state index contributed by atoms with van der Waals surface area (Å²) in [6.45, 7) is 18.3. The summed E-state index contributed by atoms with van der Waals surface area (Å²) in [6.07, 6.45) is 4.09. The molecule has 0 spiro atoms. The van der Waals surface area contributed by atoms with E-state index in [0.717, 1.165) is 36.8 Å². The van der Waals surface area contributed by atoms with Gasteiger partial charge in [-0.2, -0.15) is 0 Å². The third-order valence-electron chi connectivity index (χ3n) is 11.8. The molecule has 6 heteroatoms. The van der Waals surface area contributed by atoms with Crippen molar-refractivity contribution in [1.82, 2.24) is 0 Å². The molecule has 0 aromatic carbocycles. The summed E-state index contributed by atoms with van der Waals surface area (Å²) >= 11 is 0. The minimum Gasteiger partial charge on any atom is -0.481 e. The molecule has 0 aromatic rings. The molecule has 2 fully saturated rings. The Labute approximate surface area is 228 Å². The largest absolute Gasteiger partial charge is 0.481 e. The molecule has 4 aliphatic carbocycles. The highest BCUT2D eigenvalue weighted by Gasteiger charge is 2.66. The zero-order valence-electron chi connectivity index (χ0n) is 24.4. The quantitative estimate of drug-likeness (QED) is 0.305. The van der Waals surface area contributed by atoms with Gasteiger partial charge in [0.25, 0.3) is 0 Å². The van der Waals surface area contributed by atoms with Gasteiger partial charge in [0, 0.05) is 25.2 Å². The standard InChI is InChI=1S/C32H48O6/c1-17(2)18(3)9-10-19(4)21-11-12-22-28-23(15-27(31(21,22)7)38-20(5)33)30(6)14-13-26(35)32(8,29(36)37)25(30)16-24(28)34/h17,19,21-22,25-27,35H,3,9-16H2,1-2,4-8H3,(H,36,37)/t19-,21-,22+,25-,26+,27-,30-,31-,32+/m1/s1. The third kappa shape index (κ3) is 4.20. The van der Waals surface area contributed by atoms with Gasteiger partial charge in [0.05, 0.1) is 11.5 Å². The van der Waals surface area contributed by atoms with E-state index in [4.69, 9.17) is 4.74 Å². The van der Waals surface area contributed by atoms with Crippen molar-refractivity contribution in [2.24, 2.45) is 45.8 Å². The van der Waals surface area contributed by atoms with E-state index in [9.17, 15) is 24.6 Å². The summed E-state index contributed by atoms with van der Waals surface area (Å²) in [4.78, 5) is 38.9. The zero-order chi connectivity index (χ0) is 28.4. The minimum absolute atomic E-state index is 0.00967. The monoisotopic (exact) mass is 528 g/mol. The van der Waals surface area contributed by atoms with E-state index in [1.165, 1.54) is 12.5 Å². The number of rotatable bonds is 7. The van der Waals surface area contributed by atoms with E-state index in [1.54, 1.807) is 6.92 Å². The Morgan fingerprint density at radius 2 is 1.76 bits per heavy atom. The SMILES string of the molecule is C=C(CC[C@@H](C)[C@H]1CC[C@H]2C3=C(C[C@@H](OC(C)=O)[C@]12C)[C@@]1(C)CC[C@H](O)[C@@](C)(C(=O)O)[C@@H]1CC3=O)C(C)C. The van der Waals surface area contributed by atoms with Crippen LogP contribution in [-0.4, -0.2) is 40.1 Å². The molecule has 0 unspecified atom stereocenters. The van der Waals surface area contributed by atoms with Crippen molar-refractivity contribution in [2.45, 2.75) is 112 Å². The van der Waals surface area contributed by atoms with Crippen LogP contribution in [0.3, 0.4) is 0 Å². The molecule has 6 nitrogen and oxygen atoms in total. The average Bonchev–Trinajstić information content (AvgIpc) is 3.19. The molecule has 4 aliphatic rings. The Balaban J connectivity index is 1.77. The van der Waals surface area contributed by atoms with Gasteiger partial charge in [0.2, 0.25) is 0 Å². The zero-order valence-corrected chi connectivity index (χ0v) is 24.4. The molecule has 38 heavy (non-hydrogen) atoms. The Hall–Kier alpha value is -1.95. The number of hydrogen-bond donors (Lipinski definition) is 2. The normalized spacial score (nSPS) is 41.3. The molecule has 9 atom stereocenters. The number of fused-ring (bicyclic) bond motifs is 4. The predicted molar refractivity (Wildman–Crippen MR) is 146 cm³/mol. The number of carbonyl (C=O) groups is 3. The van der Waals surface area contributed by atoms with Crippen LogP contribution < -0.4 is 0 Å². The second-order valence-electron chi connectivity index (χ2n) is 13.9. The van der Waals surface area contributed by atoms with Gasteiger partial charge in [0.15, 0.2) is 5.78 Å². The van der Waals surface area contributed by atoms with Crippen molar-refractivity contribution in [2.75, 3.05) is 0 Å². The van der Waals surface area contributed by atoms with Crippen molar-refractivity contribution in [1.29, 1.82) is 0 Å². The van der Waals surface area contributed by atoms with Gasteiger partial charge in [0.1, 0.15) is 6.10 Å². The second-order valence-corrected chi connectivity index (χ2v) is 13.9. The number of carboxylic acid groups (broad SMARTS) is 1. The fraction of sp³-hybridized carbons (Fsp3) is 0.781. The number of esters is 1. The van der Waals surface area contributed by atoms with E-state index in [0.29, 0.717) is 37.0 Å². The topological polar surface area (TPSA) is 101 Å². The first kappa shape index (κ1) is 29.0. The lowest BCUT2D eigenvalue weighted by Gasteiger charge is -2.59. The molecule has 2 saturated carbocycles. The second kappa shape index (κ2) is 9.91. The first-order valence-corrected chi connectivity index (χ1v) is 14.6. The van der Waals surface area contributed by atoms with Crippen molar-refractivity contribution in [3.63, 3.8) is 0 Å². The van der Waals surface area contributed by atoms with Crippen LogP contribution in [0, 0.1) is 45.8 Å². The molecule has 0 saturated heterocycles. The molecule has 212 valence electrons. The molecule has 0 bridgehead atoms. The number of carboxylic acids is 1. The molecule has 0 radical (unpaired) electrons. The van der Waals surface area contributed by atoms with Gasteiger partial charge in [-0.25, -0.2) is 0 Å². The molecule has 0 aliphatic heterocycles. The Morgan fingerprint density at radius 3 is 2.34 bits per heavy atom. The van der Waals surface area contributed by atoms with Gasteiger partial charge in [-0.3, -0.25) is 14.4 Å². The summed E-state index contributed by atoms with van der Waals surface area (Å²) in [7, 11) is 0. The fourth-order valence-corrected chi connectivity index (χ4v) is 9.13. The minimum atomic E-state index is -1.40. The van der Waals surface area contributed by atoms with Crippen LogP contribution in [0.4, 0.5) is 0 Å². The van der Waals surface area contributed by atoms with Crippen LogP contribution in [0.1, 0.15) is 99.8 Å². The summed E-state index contributed by atoms with van der Waals surface area (Å²) in [5, 5.41) is 21.1. The molecule has 0 amide bonds. The number of aliphatic carboxylic acids is 1. The number of allylic oxidation sites excluding steroid dienone is 2. The van der Waals surface area contributed by atoms with Crippen molar-refractivity contribution >= 4 is 17.7 Å². The van der Waals surface area contributed by atoms with E-state index in [-0.39, 0.29) is 35.6 Å². The summed E-state index contributed by atoms with van der Waals surface area (Å²) < 4.78 is 6.11. The maximum Gasteiger partial charge on any atom is 0.312 e. The summed E-state index contributed by atoms with van der Waals surface area (Å²) in [5.41, 5.74) is 0.850. The first-order valence-electron chi connectivity index (χ1n) is 14.6. The molecule has 0 aromatic heterocycles. The van der Waals surface area contributed by atoms with E-state index < -0.39 is 28.8 Å². The number of aliphatic hydroxyl groups is 1. The maximum atomic E-state index is 14.0. The first-order chi connectivity index (χ1) is 17.6. The van der Waals surface area contributed by atoms with Crippen LogP contribution in [0.15, 0.2) is 23.3 Å². The van der Waals surface area contributed by atoms with Crippen LogP contribution in [0.25, 0.3) is 0 Å². The van der Waals surface area contributed by atoms with Crippen LogP contribution in [0.5, 0.6) is 0 Å². The van der Waals surface area contributed by atoms with Crippen molar-refractivity contribution < 1.29 is 29.3 Å². The van der Waals surface area contributed by atoms with Gasteiger partial charge in [-0.1, -0.05) is 52.3 Å². The van der Waals surface area contributed by atoms with E-state index >= 15 is 0 Å². The lowest BCUT2D eigenvalue weighted by molar-refractivity contribution is -0.177. The lowest BCUT2D eigenvalue weighted by Crippen LogP contribution is -2.60. The predicted octanol–water partition coefficient (Wildman–Crippen LogP) is 6.12. The number of aliphatic hydroxyl groups excluding tert-OH is 1. The molecule has 2 N–H and O–H groups in total. The number of Topliss-reactive ketones (excluding diaryl/α,β-unsaturated/α-hetero) is 1. The number of hydrogen-bond acceptors (Lipinski definition) is 5. The third-order valence-corrected chi connectivity index (χ3v) is 11.8. The van der Waals surface area contributed by atoms with Crippen LogP contribution >= 0.6 is 0 Å². The Morgan fingerprint density at radius 1 is 1.11 bits per heavy atom. The van der Waals surface area contributed by atoms with Crippen LogP contribution in [-0.2, 0) is 19.1 Å². The fourth-order valence-electron chi connectivity index (χ4n) is 9.13. The Kier molecular flexibility index (Phi) is 7.57. The summed E-state index contributed by atoms with van der Waals surface area (Å²) in [6, 6.07) is 0. The average molecular weight is 529 g/mol. The van der Waals surface area contributed by atoms with Gasteiger partial charge < -0.3 is 14.9 Å². The Bertz CT molecular complexity index is 1060. The number of ether oxygens (including phenoxy) is 1. The number of ketones is 1. The molecule has 0 heterocycles. The molecular weight excluding hydrogens is 480 g/mol. The van der Waals surface area contributed by atoms with Crippen LogP contribution in [0.2, 0.25) is 0 Å². The van der Waals surface area contributed by atoms with Crippen molar-refractivity contribution in [3.05, 3.63) is 23.3 Å². The van der Waals surface area contributed by atoms with Gasteiger partial charge >= 0.3 is 11.9 Å². The molecule has 4 rings (SSSR count). The highest BCUT2D eigenvalue weighted by Crippen LogP contribution is 2.68. The highest BCUT2D eigenvalue weighted by molar-refractivity contribution is 5.99.